The minimum absolute atomic E-state index is 0.0421. The van der Waals surface area contributed by atoms with Crippen LogP contribution in [0.2, 0.25) is 0 Å². The molecule has 1 aromatic heterocycles. The van der Waals surface area contributed by atoms with Gasteiger partial charge in [-0.2, -0.15) is 0 Å². The van der Waals surface area contributed by atoms with Gasteiger partial charge >= 0.3 is 0 Å². The van der Waals surface area contributed by atoms with Gasteiger partial charge in [0.1, 0.15) is 0 Å². The quantitative estimate of drug-likeness (QED) is 0.155. The second-order valence-electron chi connectivity index (χ2n) is 17.7. The maximum atomic E-state index is 2.45. The first-order valence-corrected chi connectivity index (χ1v) is 22.7. The van der Waals surface area contributed by atoms with Crippen molar-refractivity contribution in [2.45, 2.75) is 30.6 Å². The van der Waals surface area contributed by atoms with Crippen molar-refractivity contribution in [1.29, 1.82) is 0 Å². The summed E-state index contributed by atoms with van der Waals surface area (Å²) in [6.45, 7) is 4.82. The molecule has 62 heavy (non-hydrogen) atoms. The van der Waals surface area contributed by atoms with Gasteiger partial charge in [-0.05, 0) is 133 Å². The monoisotopic (exact) mass is 811 g/mol. The Kier molecular flexibility index (Phi) is 8.49. The van der Waals surface area contributed by atoms with Gasteiger partial charge in [0.15, 0.2) is 0 Å². The average molecular weight is 812 g/mol. The van der Waals surface area contributed by atoms with Crippen molar-refractivity contribution in [3.63, 3.8) is 0 Å². The summed E-state index contributed by atoms with van der Waals surface area (Å²) in [4.78, 5) is 3.77. The molecule has 3 aliphatic rings. The lowest BCUT2D eigenvalue weighted by molar-refractivity contribution is 0.394. The molecule has 0 bridgehead atoms. The molecular formula is C60H45NS. The van der Waals surface area contributed by atoms with Crippen LogP contribution in [0.4, 0.5) is 17.1 Å². The number of para-hydroxylation sites is 1. The molecule has 0 aliphatic heterocycles. The normalized spacial score (nSPS) is 17.3. The van der Waals surface area contributed by atoms with Crippen LogP contribution in [-0.2, 0) is 10.8 Å². The van der Waals surface area contributed by atoms with Crippen molar-refractivity contribution in [1.82, 2.24) is 0 Å². The van der Waals surface area contributed by atoms with Crippen LogP contribution in [0.5, 0.6) is 0 Å². The van der Waals surface area contributed by atoms with E-state index < -0.39 is 5.41 Å². The fraction of sp³-hybridized carbons (Fsp3) is 0.100. The van der Waals surface area contributed by atoms with E-state index in [0.29, 0.717) is 11.8 Å². The first-order valence-electron chi connectivity index (χ1n) is 21.8. The van der Waals surface area contributed by atoms with Crippen LogP contribution in [-0.4, -0.2) is 0 Å². The van der Waals surface area contributed by atoms with Crippen LogP contribution in [0.3, 0.4) is 0 Å². The number of hydrogen-bond acceptors (Lipinski definition) is 2. The first-order chi connectivity index (χ1) is 30.5. The summed E-state index contributed by atoms with van der Waals surface area (Å²) in [7, 11) is 0. The van der Waals surface area contributed by atoms with E-state index in [0.717, 1.165) is 11.4 Å². The lowest BCUT2D eigenvalue weighted by Gasteiger charge is -2.34. The number of rotatable bonds is 7. The lowest BCUT2D eigenvalue weighted by Crippen LogP contribution is -2.28. The molecule has 0 spiro atoms. The van der Waals surface area contributed by atoms with E-state index in [-0.39, 0.29) is 5.41 Å². The number of anilines is 3. The minimum Gasteiger partial charge on any atom is -0.310 e. The van der Waals surface area contributed by atoms with Gasteiger partial charge in [-0.1, -0.05) is 184 Å². The van der Waals surface area contributed by atoms with Crippen molar-refractivity contribution >= 4 is 38.5 Å². The maximum absolute atomic E-state index is 2.45. The van der Waals surface area contributed by atoms with Crippen molar-refractivity contribution in [2.24, 2.45) is 5.92 Å². The molecule has 0 N–H and O–H groups in total. The summed E-state index contributed by atoms with van der Waals surface area (Å²) >= 11 is 1.93. The summed E-state index contributed by atoms with van der Waals surface area (Å²) in [5.74, 6) is 0.904. The lowest BCUT2D eigenvalue weighted by atomic mass is 9.67. The van der Waals surface area contributed by atoms with Crippen LogP contribution in [0.15, 0.2) is 224 Å². The van der Waals surface area contributed by atoms with Crippen molar-refractivity contribution < 1.29 is 0 Å². The topological polar surface area (TPSA) is 3.24 Å². The van der Waals surface area contributed by atoms with Crippen molar-refractivity contribution in [3.8, 4) is 32.7 Å². The SMILES string of the molecule is CC1(C)c2cc(N(c3ccccc3)c3ccc(-c4cccc(-c5ccc6c(c5)-c5sc7ccccc7c5C6(c5ccccc5)c5ccccc5)c4)cc3)ccc2C2C=CC=CC21. The average Bonchev–Trinajstić information content (AvgIpc) is 3.94. The molecule has 2 atom stereocenters. The molecule has 0 radical (unpaired) electrons. The number of hydrogen-bond donors (Lipinski definition) is 0. The highest BCUT2D eigenvalue weighted by Crippen LogP contribution is 2.61. The fourth-order valence-corrected chi connectivity index (χ4v) is 12.4. The number of benzene rings is 8. The Morgan fingerprint density at radius 3 is 1.81 bits per heavy atom. The van der Waals surface area contributed by atoms with Crippen LogP contribution in [0, 0.1) is 5.92 Å². The summed E-state index contributed by atoms with van der Waals surface area (Å²) in [5, 5.41) is 1.34. The highest BCUT2D eigenvalue weighted by Gasteiger charge is 2.48. The predicted octanol–water partition coefficient (Wildman–Crippen LogP) is 16.2. The zero-order valence-electron chi connectivity index (χ0n) is 34.9. The molecule has 12 rings (SSSR count). The second kappa shape index (κ2) is 14.3. The Bertz CT molecular complexity index is 3170. The highest BCUT2D eigenvalue weighted by molar-refractivity contribution is 7.22. The smallest absolute Gasteiger partial charge is 0.0728 e. The Balaban J connectivity index is 0.932. The maximum Gasteiger partial charge on any atom is 0.0728 e. The molecule has 0 amide bonds. The van der Waals surface area contributed by atoms with Gasteiger partial charge in [0, 0.05) is 32.6 Å². The Labute approximate surface area is 368 Å². The van der Waals surface area contributed by atoms with Crippen LogP contribution in [0.1, 0.15) is 53.1 Å². The van der Waals surface area contributed by atoms with Crippen LogP contribution < -0.4 is 4.90 Å². The van der Waals surface area contributed by atoms with Crippen molar-refractivity contribution in [3.05, 3.63) is 258 Å². The van der Waals surface area contributed by atoms with Crippen LogP contribution >= 0.6 is 11.3 Å². The van der Waals surface area contributed by atoms with E-state index in [1.165, 1.54) is 81.8 Å². The molecule has 2 unspecified atom stereocenters. The molecule has 9 aromatic rings. The highest BCUT2D eigenvalue weighted by atomic mass is 32.1. The third-order valence-electron chi connectivity index (χ3n) is 14.0. The zero-order valence-corrected chi connectivity index (χ0v) is 35.7. The third kappa shape index (κ3) is 5.53. The standard InChI is InChI=1S/C60H45NS/c1-59(2)53-27-14-12-25-49(53)50-35-34-48(39-55(50)59)61(46-23-10-5-11-24-46)47-32-29-40(30-33-47)41-17-16-18-42(37-41)43-31-36-54-52(38-43)58-57(51-26-13-15-28-56(51)62-58)60(54,44-19-6-3-7-20-44)45-21-8-4-9-22-45/h3-39,49,53H,1-2H3. The van der Waals surface area contributed by atoms with Gasteiger partial charge in [0.2, 0.25) is 0 Å². The molecule has 0 saturated carbocycles. The van der Waals surface area contributed by atoms with Gasteiger partial charge in [-0.3, -0.25) is 0 Å². The molecule has 0 saturated heterocycles. The fourth-order valence-electron chi connectivity index (χ4n) is 11.1. The predicted molar refractivity (Wildman–Crippen MR) is 262 cm³/mol. The van der Waals surface area contributed by atoms with Crippen molar-refractivity contribution in [2.75, 3.05) is 4.90 Å². The molecule has 8 aromatic carbocycles. The second-order valence-corrected chi connectivity index (χ2v) is 18.7. The van der Waals surface area contributed by atoms with Gasteiger partial charge < -0.3 is 4.90 Å². The molecule has 296 valence electrons. The number of thiophene rings is 1. The molecule has 3 aliphatic carbocycles. The zero-order chi connectivity index (χ0) is 41.4. The van der Waals surface area contributed by atoms with E-state index in [4.69, 9.17) is 0 Å². The van der Waals surface area contributed by atoms with Crippen LogP contribution in [0.25, 0.3) is 42.8 Å². The first kappa shape index (κ1) is 36.8. The number of nitrogens with zero attached hydrogens (tertiary/aromatic N) is 1. The Morgan fingerprint density at radius 1 is 0.468 bits per heavy atom. The summed E-state index contributed by atoms with van der Waals surface area (Å²) in [5.41, 5.74) is 17.5. The van der Waals surface area contributed by atoms with E-state index in [2.05, 4.69) is 243 Å². The van der Waals surface area contributed by atoms with E-state index in [9.17, 15) is 0 Å². The minimum atomic E-state index is -0.425. The van der Waals surface area contributed by atoms with Gasteiger partial charge in [-0.15, -0.1) is 11.3 Å². The largest absolute Gasteiger partial charge is 0.310 e. The number of allylic oxidation sites excluding steroid dienone is 4. The Morgan fingerprint density at radius 2 is 1.06 bits per heavy atom. The van der Waals surface area contributed by atoms with Gasteiger partial charge in [0.25, 0.3) is 0 Å². The summed E-state index contributed by atoms with van der Waals surface area (Å²) < 4.78 is 1.33. The summed E-state index contributed by atoms with van der Waals surface area (Å²) in [6.07, 6.45) is 9.22. The van der Waals surface area contributed by atoms with Gasteiger partial charge in [0.05, 0.1) is 5.41 Å². The third-order valence-corrected chi connectivity index (χ3v) is 15.2. The Hall–Kier alpha value is -7.00. The van der Waals surface area contributed by atoms with Gasteiger partial charge in [-0.25, -0.2) is 0 Å². The number of fused-ring (bicyclic) bond motifs is 8. The molecule has 1 nitrogen and oxygen atoms in total. The van der Waals surface area contributed by atoms with E-state index >= 15 is 0 Å². The van der Waals surface area contributed by atoms with E-state index in [1.54, 1.807) is 0 Å². The van der Waals surface area contributed by atoms with E-state index in [1.807, 2.05) is 11.3 Å². The molecule has 2 heteroatoms. The summed E-state index contributed by atoms with van der Waals surface area (Å²) in [6, 6.07) is 74.5. The molecule has 0 fully saturated rings. The molecule has 1 heterocycles. The molecular weight excluding hydrogens is 767 g/mol.